The molecule has 2 N–H and O–H groups in total. The van der Waals surface area contributed by atoms with E-state index in [1.54, 1.807) is 43.3 Å². The van der Waals surface area contributed by atoms with Crippen LogP contribution in [0.1, 0.15) is 32.0 Å². The fourth-order valence-electron chi connectivity index (χ4n) is 4.55. The van der Waals surface area contributed by atoms with Crippen LogP contribution in [0, 0.1) is 6.92 Å². The Kier molecular flexibility index (Phi) is 10.5. The summed E-state index contributed by atoms with van der Waals surface area (Å²) in [5, 5.41) is 6.13. The maximum atomic E-state index is 13.8. The Morgan fingerprint density at radius 1 is 1.00 bits per heavy atom. The number of aromatic nitrogens is 3. The fraction of sp³-hybridized carbons (Fsp3) is 0.375. The Morgan fingerprint density at radius 2 is 1.71 bits per heavy atom. The molecule has 1 fully saturated rings. The molecule has 0 aliphatic carbocycles. The number of para-hydroxylation sites is 2. The lowest BCUT2D eigenvalue weighted by Crippen LogP contribution is -2.37. The van der Waals surface area contributed by atoms with Crippen LogP contribution in [-0.2, 0) is 24.9 Å². The number of nitrogens with zero attached hydrogens (tertiary/aromatic N) is 4. The van der Waals surface area contributed by atoms with Crippen LogP contribution in [0.25, 0.3) is 0 Å². The summed E-state index contributed by atoms with van der Waals surface area (Å²) in [6.45, 7) is 9.22. The van der Waals surface area contributed by atoms with Crippen molar-refractivity contribution in [3.05, 3.63) is 65.9 Å². The summed E-state index contributed by atoms with van der Waals surface area (Å²) in [5.41, 5.74) is 1.39. The van der Waals surface area contributed by atoms with Crippen LogP contribution in [0.5, 0.6) is 23.1 Å². The normalized spacial score (nSPS) is 13.5. The standard InChI is InChI=1S/C32H38N6O9S/c1-21-20-26(47-36-21)33-31(39)45-19-18-44-29-27(46-25-9-7-6-8-24(25)42-5)28(34-30(35-29)38-14-16-43-17-15-38)37-48(40,41)23-12-10-22(11-13-23)32(2,3)4/h6-13,20H,14-19H2,1-5H3,(H,33,39)(H,34,35,37). The highest BCUT2D eigenvalue weighted by atomic mass is 32.2. The molecule has 0 radical (unpaired) electrons. The van der Waals surface area contributed by atoms with Gasteiger partial charge in [-0.05, 0) is 42.2 Å². The van der Waals surface area contributed by atoms with E-state index >= 15 is 0 Å². The Balaban J connectivity index is 1.48. The molecular weight excluding hydrogens is 644 g/mol. The van der Waals surface area contributed by atoms with Gasteiger partial charge in [0, 0.05) is 19.2 Å². The molecule has 2 aromatic heterocycles. The van der Waals surface area contributed by atoms with Gasteiger partial charge in [-0.15, -0.1) is 0 Å². The molecule has 48 heavy (non-hydrogen) atoms. The lowest BCUT2D eigenvalue weighted by Gasteiger charge is -2.28. The van der Waals surface area contributed by atoms with Gasteiger partial charge in [-0.2, -0.15) is 9.97 Å². The van der Waals surface area contributed by atoms with Crippen LogP contribution < -0.4 is 29.1 Å². The third-order valence-corrected chi connectivity index (χ3v) is 8.42. The van der Waals surface area contributed by atoms with Gasteiger partial charge in [-0.3, -0.25) is 10.0 Å². The van der Waals surface area contributed by atoms with Gasteiger partial charge in [0.15, 0.2) is 17.3 Å². The van der Waals surface area contributed by atoms with E-state index in [9.17, 15) is 13.2 Å². The summed E-state index contributed by atoms with van der Waals surface area (Å²) in [6, 6.07) is 15.0. The monoisotopic (exact) mass is 682 g/mol. The molecule has 15 nitrogen and oxygen atoms in total. The van der Waals surface area contributed by atoms with Crippen LogP contribution >= 0.6 is 0 Å². The molecule has 0 saturated carbocycles. The molecule has 4 aromatic rings. The highest BCUT2D eigenvalue weighted by Gasteiger charge is 2.27. The molecule has 16 heteroatoms. The Morgan fingerprint density at radius 3 is 2.35 bits per heavy atom. The number of sulfonamides is 1. The smallest absolute Gasteiger partial charge is 0.414 e. The number of benzene rings is 2. The lowest BCUT2D eigenvalue weighted by atomic mass is 9.87. The second kappa shape index (κ2) is 14.8. The zero-order valence-corrected chi connectivity index (χ0v) is 28.1. The number of rotatable bonds is 12. The van der Waals surface area contributed by atoms with Crippen molar-refractivity contribution in [2.75, 3.05) is 61.6 Å². The zero-order valence-electron chi connectivity index (χ0n) is 27.3. The summed E-state index contributed by atoms with van der Waals surface area (Å²) in [5.74, 6) is 0.519. The summed E-state index contributed by atoms with van der Waals surface area (Å²) < 4.78 is 63.5. The number of carbonyl (C=O) groups is 1. The number of amides is 1. The van der Waals surface area contributed by atoms with Crippen LogP contribution in [-0.4, -0.2) is 76.3 Å². The van der Waals surface area contributed by atoms with Gasteiger partial charge >= 0.3 is 6.09 Å². The highest BCUT2D eigenvalue weighted by molar-refractivity contribution is 7.92. The number of hydrogen-bond donors (Lipinski definition) is 2. The second-order valence-corrected chi connectivity index (χ2v) is 13.4. The molecule has 1 amide bonds. The average molecular weight is 683 g/mol. The number of morpholine rings is 1. The first-order valence-electron chi connectivity index (χ1n) is 15.1. The third-order valence-electron chi connectivity index (χ3n) is 7.07. The number of ether oxygens (including phenoxy) is 5. The average Bonchev–Trinajstić information content (AvgIpc) is 3.48. The van der Waals surface area contributed by atoms with Gasteiger partial charge in [0.25, 0.3) is 15.9 Å². The Bertz CT molecular complexity index is 1820. The number of hydrogen-bond acceptors (Lipinski definition) is 13. The first-order chi connectivity index (χ1) is 22.9. The first-order valence-corrected chi connectivity index (χ1v) is 16.6. The number of methoxy groups -OCH3 is 1. The van der Waals surface area contributed by atoms with E-state index in [0.717, 1.165) is 5.56 Å². The summed E-state index contributed by atoms with van der Waals surface area (Å²) >= 11 is 0. The molecule has 1 saturated heterocycles. The SMILES string of the molecule is COc1ccccc1Oc1c(NS(=O)(=O)c2ccc(C(C)(C)C)cc2)nc(N2CCOCC2)nc1OCCOC(=O)Nc1cc(C)no1. The van der Waals surface area contributed by atoms with Gasteiger partial charge < -0.3 is 33.1 Å². The van der Waals surface area contributed by atoms with Crippen LogP contribution in [0.15, 0.2) is 64.0 Å². The third kappa shape index (κ3) is 8.63. The molecule has 256 valence electrons. The van der Waals surface area contributed by atoms with Gasteiger partial charge in [-0.1, -0.05) is 50.2 Å². The lowest BCUT2D eigenvalue weighted by molar-refractivity contribution is 0.121. The van der Waals surface area contributed by atoms with Crippen LogP contribution in [0.3, 0.4) is 0 Å². The van der Waals surface area contributed by atoms with Crippen LogP contribution in [0.2, 0.25) is 0 Å². The summed E-state index contributed by atoms with van der Waals surface area (Å²) in [4.78, 5) is 23.3. The van der Waals surface area contributed by atoms with E-state index in [1.807, 2.05) is 25.7 Å². The predicted molar refractivity (Wildman–Crippen MR) is 176 cm³/mol. The van der Waals surface area contributed by atoms with Gasteiger partial charge in [-0.25, -0.2) is 13.2 Å². The Labute approximate surface area is 278 Å². The molecule has 1 aliphatic rings. The molecule has 2 aromatic carbocycles. The zero-order chi connectivity index (χ0) is 34.3. The molecule has 0 atom stereocenters. The molecule has 0 bridgehead atoms. The van der Waals surface area contributed by atoms with Crippen molar-refractivity contribution < 1.29 is 41.4 Å². The molecule has 1 aliphatic heterocycles. The second-order valence-electron chi connectivity index (χ2n) is 11.7. The van der Waals surface area contributed by atoms with E-state index in [1.165, 1.54) is 25.3 Å². The Hall–Kier alpha value is -5.09. The number of nitrogens with one attached hydrogen (secondary N) is 2. The highest BCUT2D eigenvalue weighted by Crippen LogP contribution is 2.41. The topological polar surface area (TPSA) is 176 Å². The maximum Gasteiger partial charge on any atom is 0.414 e. The van der Waals surface area contributed by atoms with Crippen molar-refractivity contribution in [2.24, 2.45) is 0 Å². The number of carbonyl (C=O) groups excluding carboxylic acids is 1. The van der Waals surface area contributed by atoms with E-state index in [0.29, 0.717) is 37.7 Å². The van der Waals surface area contributed by atoms with E-state index < -0.39 is 16.1 Å². The number of aryl methyl sites for hydroxylation is 1. The summed E-state index contributed by atoms with van der Waals surface area (Å²) in [7, 11) is -2.70. The van der Waals surface area contributed by atoms with E-state index in [4.69, 9.17) is 28.2 Å². The minimum absolute atomic E-state index is 0.0223. The molecule has 3 heterocycles. The van der Waals surface area contributed by atoms with Gasteiger partial charge in [0.1, 0.15) is 13.2 Å². The minimum Gasteiger partial charge on any atom is -0.493 e. The molecule has 5 rings (SSSR count). The van der Waals surface area contributed by atoms with E-state index in [-0.39, 0.29) is 58.6 Å². The minimum atomic E-state index is -4.18. The first kappa shape index (κ1) is 34.3. The van der Waals surface area contributed by atoms with Crippen molar-refractivity contribution >= 4 is 33.8 Å². The van der Waals surface area contributed by atoms with Crippen molar-refractivity contribution in [3.8, 4) is 23.1 Å². The fourth-order valence-corrected chi connectivity index (χ4v) is 5.55. The molecule has 0 unspecified atom stereocenters. The van der Waals surface area contributed by atoms with Gasteiger partial charge in [0.2, 0.25) is 17.6 Å². The number of anilines is 3. The van der Waals surface area contributed by atoms with Crippen molar-refractivity contribution in [3.63, 3.8) is 0 Å². The predicted octanol–water partition coefficient (Wildman–Crippen LogP) is 5.14. The largest absolute Gasteiger partial charge is 0.493 e. The quantitative estimate of drug-likeness (QED) is 0.188. The van der Waals surface area contributed by atoms with Crippen molar-refractivity contribution in [2.45, 2.75) is 38.0 Å². The molecular formula is C32H38N6O9S. The molecule has 0 spiro atoms. The summed E-state index contributed by atoms with van der Waals surface area (Å²) in [6.07, 6.45) is -0.789. The van der Waals surface area contributed by atoms with Crippen LogP contribution in [0.4, 0.5) is 22.4 Å². The van der Waals surface area contributed by atoms with Crippen molar-refractivity contribution in [1.29, 1.82) is 0 Å². The van der Waals surface area contributed by atoms with Crippen molar-refractivity contribution in [1.82, 2.24) is 15.1 Å². The maximum absolute atomic E-state index is 13.8. The van der Waals surface area contributed by atoms with Gasteiger partial charge in [0.05, 0.1) is 30.9 Å². The van der Waals surface area contributed by atoms with E-state index in [2.05, 4.69) is 25.2 Å².